The average molecular weight is 232 g/mol. The zero-order valence-corrected chi connectivity index (χ0v) is 11.0. The second kappa shape index (κ2) is 5.65. The summed E-state index contributed by atoms with van der Waals surface area (Å²) in [5, 5.41) is 0. The summed E-state index contributed by atoms with van der Waals surface area (Å²) < 4.78 is 0. The van der Waals surface area contributed by atoms with Crippen LogP contribution >= 0.6 is 0 Å². The molecule has 2 atom stereocenters. The van der Waals surface area contributed by atoms with Gasteiger partial charge in [-0.25, -0.2) is 0 Å². The summed E-state index contributed by atoms with van der Waals surface area (Å²) >= 11 is 0. The van der Waals surface area contributed by atoms with Gasteiger partial charge in [0.05, 0.1) is 0 Å². The van der Waals surface area contributed by atoms with Crippen molar-refractivity contribution in [3.8, 4) is 0 Å². The van der Waals surface area contributed by atoms with Crippen molar-refractivity contribution in [2.45, 2.75) is 31.6 Å². The van der Waals surface area contributed by atoms with Gasteiger partial charge in [0, 0.05) is 6.54 Å². The Kier molecular flexibility index (Phi) is 4.19. The summed E-state index contributed by atoms with van der Waals surface area (Å²) in [6.07, 6.45) is 2.37. The Hall–Kier alpha value is -0.860. The van der Waals surface area contributed by atoms with Crippen LogP contribution in [0.4, 0.5) is 0 Å². The molecule has 0 aliphatic carbocycles. The molecule has 1 aromatic rings. The van der Waals surface area contributed by atoms with E-state index in [0.717, 1.165) is 18.9 Å². The quantitative estimate of drug-likeness (QED) is 0.864. The molecule has 1 aliphatic heterocycles. The van der Waals surface area contributed by atoms with E-state index < -0.39 is 0 Å². The van der Waals surface area contributed by atoms with Gasteiger partial charge in [0.25, 0.3) is 0 Å². The Morgan fingerprint density at radius 2 is 2.29 bits per heavy atom. The highest BCUT2D eigenvalue weighted by atomic mass is 15.1. The van der Waals surface area contributed by atoms with E-state index in [4.69, 9.17) is 5.73 Å². The van der Waals surface area contributed by atoms with Crippen LogP contribution in [0.1, 0.15) is 42.7 Å². The van der Waals surface area contributed by atoms with E-state index in [1.165, 1.54) is 30.6 Å². The molecule has 2 nitrogen and oxygen atoms in total. The van der Waals surface area contributed by atoms with Crippen LogP contribution < -0.4 is 5.73 Å². The number of benzene rings is 1. The number of likely N-dealkylation sites (tertiary alicyclic amines) is 1. The van der Waals surface area contributed by atoms with Gasteiger partial charge in [-0.05, 0) is 55.9 Å². The molecule has 2 unspecified atom stereocenters. The third-order valence-electron chi connectivity index (χ3n) is 3.94. The fraction of sp³-hybridized carbons (Fsp3) is 0.600. The number of hydrogen-bond donors (Lipinski definition) is 1. The van der Waals surface area contributed by atoms with E-state index >= 15 is 0 Å². The fourth-order valence-electron chi connectivity index (χ4n) is 2.74. The topological polar surface area (TPSA) is 29.3 Å². The van der Waals surface area contributed by atoms with E-state index in [9.17, 15) is 0 Å². The number of nitrogens with zero attached hydrogens (tertiary/aromatic N) is 1. The maximum atomic E-state index is 5.64. The Bertz CT molecular complexity index is 362. The van der Waals surface area contributed by atoms with Gasteiger partial charge in [-0.1, -0.05) is 31.2 Å². The standard InChI is InChI=1S/C15H24N2/c1-12(6-8-16)13-4-3-5-14(10-13)15-7-9-17(2)11-15/h3-5,10,12,15H,6-9,11,16H2,1-2H3. The number of nitrogens with two attached hydrogens (primary N) is 1. The first-order valence-electron chi connectivity index (χ1n) is 6.69. The molecule has 0 radical (unpaired) electrons. The molecule has 2 heteroatoms. The molecular weight excluding hydrogens is 208 g/mol. The molecule has 0 saturated carbocycles. The van der Waals surface area contributed by atoms with Gasteiger partial charge in [0.1, 0.15) is 0 Å². The second-order valence-electron chi connectivity index (χ2n) is 5.40. The molecule has 2 N–H and O–H groups in total. The SMILES string of the molecule is CC(CCN)c1cccc(C2CCN(C)C2)c1. The molecule has 0 aromatic heterocycles. The number of rotatable bonds is 4. The van der Waals surface area contributed by atoms with Crippen molar-refractivity contribution in [1.29, 1.82) is 0 Å². The van der Waals surface area contributed by atoms with E-state index in [1.54, 1.807) is 0 Å². The van der Waals surface area contributed by atoms with Crippen LogP contribution in [0.2, 0.25) is 0 Å². The molecule has 2 rings (SSSR count). The van der Waals surface area contributed by atoms with Crippen LogP contribution in [-0.4, -0.2) is 31.6 Å². The summed E-state index contributed by atoms with van der Waals surface area (Å²) in [5.41, 5.74) is 8.60. The molecule has 0 amide bonds. The van der Waals surface area contributed by atoms with Gasteiger partial charge < -0.3 is 10.6 Å². The highest BCUT2D eigenvalue weighted by Crippen LogP contribution is 2.29. The number of likely N-dealkylation sites (N-methyl/N-ethyl adjacent to an activating group) is 1. The monoisotopic (exact) mass is 232 g/mol. The molecule has 1 heterocycles. The molecule has 1 aliphatic rings. The second-order valence-corrected chi connectivity index (χ2v) is 5.40. The Balaban J connectivity index is 2.11. The predicted octanol–water partition coefficient (Wildman–Crippen LogP) is 2.56. The average Bonchev–Trinajstić information content (AvgIpc) is 2.76. The minimum atomic E-state index is 0.582. The molecule has 0 bridgehead atoms. The molecule has 17 heavy (non-hydrogen) atoms. The van der Waals surface area contributed by atoms with Gasteiger partial charge in [-0.2, -0.15) is 0 Å². The summed E-state index contributed by atoms with van der Waals surface area (Å²) in [6.45, 7) is 5.48. The van der Waals surface area contributed by atoms with Crippen molar-refractivity contribution in [1.82, 2.24) is 4.90 Å². The Morgan fingerprint density at radius 3 is 2.94 bits per heavy atom. The van der Waals surface area contributed by atoms with Crippen molar-refractivity contribution in [3.05, 3.63) is 35.4 Å². The molecule has 1 saturated heterocycles. The Morgan fingerprint density at radius 1 is 1.47 bits per heavy atom. The zero-order valence-electron chi connectivity index (χ0n) is 11.0. The maximum absolute atomic E-state index is 5.64. The summed E-state index contributed by atoms with van der Waals surface area (Å²) in [4.78, 5) is 2.42. The van der Waals surface area contributed by atoms with Crippen molar-refractivity contribution in [2.24, 2.45) is 5.73 Å². The smallest absolute Gasteiger partial charge is 0.00477 e. The van der Waals surface area contributed by atoms with Crippen molar-refractivity contribution in [3.63, 3.8) is 0 Å². The first kappa shape index (κ1) is 12.6. The Labute approximate surface area is 105 Å². The predicted molar refractivity (Wildman–Crippen MR) is 73.4 cm³/mol. The van der Waals surface area contributed by atoms with E-state index in [0.29, 0.717) is 5.92 Å². The minimum absolute atomic E-state index is 0.582. The van der Waals surface area contributed by atoms with Crippen LogP contribution in [0, 0.1) is 0 Å². The van der Waals surface area contributed by atoms with Gasteiger partial charge in [0.15, 0.2) is 0 Å². The van der Waals surface area contributed by atoms with Crippen molar-refractivity contribution < 1.29 is 0 Å². The normalized spacial score (nSPS) is 22.9. The number of hydrogen-bond acceptors (Lipinski definition) is 2. The van der Waals surface area contributed by atoms with Gasteiger partial charge >= 0.3 is 0 Å². The molecular formula is C15H24N2. The van der Waals surface area contributed by atoms with Crippen LogP contribution in [-0.2, 0) is 0 Å². The van der Waals surface area contributed by atoms with Crippen molar-refractivity contribution in [2.75, 3.05) is 26.7 Å². The fourth-order valence-corrected chi connectivity index (χ4v) is 2.74. The largest absolute Gasteiger partial charge is 0.330 e. The highest BCUT2D eigenvalue weighted by molar-refractivity contribution is 5.29. The molecule has 1 fully saturated rings. The summed E-state index contributed by atoms with van der Waals surface area (Å²) in [7, 11) is 2.21. The lowest BCUT2D eigenvalue weighted by Gasteiger charge is -2.15. The van der Waals surface area contributed by atoms with Crippen LogP contribution in [0.5, 0.6) is 0 Å². The minimum Gasteiger partial charge on any atom is -0.330 e. The third kappa shape index (κ3) is 3.08. The van der Waals surface area contributed by atoms with Gasteiger partial charge in [-0.3, -0.25) is 0 Å². The van der Waals surface area contributed by atoms with Crippen LogP contribution in [0.3, 0.4) is 0 Å². The molecule has 1 aromatic carbocycles. The van der Waals surface area contributed by atoms with Gasteiger partial charge in [0.2, 0.25) is 0 Å². The lowest BCUT2D eigenvalue weighted by atomic mass is 9.91. The summed E-state index contributed by atoms with van der Waals surface area (Å²) in [5.74, 6) is 1.31. The van der Waals surface area contributed by atoms with E-state index in [1.807, 2.05) is 0 Å². The van der Waals surface area contributed by atoms with Crippen LogP contribution in [0.15, 0.2) is 24.3 Å². The van der Waals surface area contributed by atoms with Crippen LogP contribution in [0.25, 0.3) is 0 Å². The van der Waals surface area contributed by atoms with Crippen molar-refractivity contribution >= 4 is 0 Å². The molecule has 0 spiro atoms. The summed E-state index contributed by atoms with van der Waals surface area (Å²) in [6, 6.07) is 9.12. The lowest BCUT2D eigenvalue weighted by Crippen LogP contribution is -2.13. The van der Waals surface area contributed by atoms with E-state index in [-0.39, 0.29) is 0 Å². The first-order chi connectivity index (χ1) is 8.20. The first-order valence-corrected chi connectivity index (χ1v) is 6.69. The third-order valence-corrected chi connectivity index (χ3v) is 3.94. The van der Waals surface area contributed by atoms with Gasteiger partial charge in [-0.15, -0.1) is 0 Å². The highest BCUT2D eigenvalue weighted by Gasteiger charge is 2.21. The maximum Gasteiger partial charge on any atom is 0.00477 e. The lowest BCUT2D eigenvalue weighted by molar-refractivity contribution is 0.411. The molecule has 94 valence electrons. The zero-order chi connectivity index (χ0) is 12.3. The van der Waals surface area contributed by atoms with E-state index in [2.05, 4.69) is 43.1 Å².